The SMILES string of the molecule is C=CC(=O)OCCCC.CCCCCCCCCCCCCCO. The van der Waals surface area contributed by atoms with Crippen LogP contribution < -0.4 is 0 Å². The van der Waals surface area contributed by atoms with Crippen molar-refractivity contribution in [3.8, 4) is 0 Å². The minimum atomic E-state index is -0.330. The van der Waals surface area contributed by atoms with Gasteiger partial charge in [-0.05, 0) is 12.8 Å². The summed E-state index contributed by atoms with van der Waals surface area (Å²) in [6.45, 7) is 8.47. The summed E-state index contributed by atoms with van der Waals surface area (Å²) in [5.41, 5.74) is 0. The molecule has 0 aromatic carbocycles. The number of carbonyl (C=O) groups is 1. The van der Waals surface area contributed by atoms with E-state index in [-0.39, 0.29) is 5.97 Å². The van der Waals surface area contributed by atoms with E-state index in [2.05, 4.69) is 18.2 Å². The Labute approximate surface area is 150 Å². The molecular formula is C21H42O3. The van der Waals surface area contributed by atoms with Crippen molar-refractivity contribution < 1.29 is 14.6 Å². The van der Waals surface area contributed by atoms with Crippen molar-refractivity contribution in [2.24, 2.45) is 0 Å². The van der Waals surface area contributed by atoms with Crippen LogP contribution in [0.4, 0.5) is 0 Å². The molecule has 3 heteroatoms. The molecule has 144 valence electrons. The van der Waals surface area contributed by atoms with Gasteiger partial charge in [0.25, 0.3) is 0 Å². The summed E-state index contributed by atoms with van der Waals surface area (Å²) in [6.07, 6.45) is 19.4. The maximum Gasteiger partial charge on any atom is 0.330 e. The Morgan fingerprint density at radius 1 is 0.792 bits per heavy atom. The third kappa shape index (κ3) is 26.1. The van der Waals surface area contributed by atoms with Crippen LogP contribution in [-0.4, -0.2) is 24.3 Å². The van der Waals surface area contributed by atoms with Crippen molar-refractivity contribution in [3.05, 3.63) is 12.7 Å². The molecule has 0 saturated heterocycles. The van der Waals surface area contributed by atoms with Gasteiger partial charge in [-0.25, -0.2) is 4.79 Å². The zero-order valence-electron chi connectivity index (χ0n) is 16.4. The Kier molecular flexibility index (Phi) is 25.9. The molecule has 0 aromatic heterocycles. The second-order valence-corrected chi connectivity index (χ2v) is 6.34. The fraction of sp³-hybridized carbons (Fsp3) is 0.857. The molecule has 24 heavy (non-hydrogen) atoms. The highest BCUT2D eigenvalue weighted by atomic mass is 16.5. The molecule has 3 nitrogen and oxygen atoms in total. The van der Waals surface area contributed by atoms with Crippen molar-refractivity contribution in [1.29, 1.82) is 0 Å². The number of unbranched alkanes of at least 4 members (excludes halogenated alkanes) is 12. The Bertz CT molecular complexity index is 239. The van der Waals surface area contributed by atoms with Crippen molar-refractivity contribution in [3.63, 3.8) is 0 Å². The van der Waals surface area contributed by atoms with Crippen molar-refractivity contribution in [2.75, 3.05) is 13.2 Å². The lowest BCUT2D eigenvalue weighted by Crippen LogP contribution is -2.00. The average molecular weight is 343 g/mol. The first-order valence-electron chi connectivity index (χ1n) is 10.1. The molecule has 0 amide bonds. The van der Waals surface area contributed by atoms with E-state index >= 15 is 0 Å². The van der Waals surface area contributed by atoms with Crippen LogP contribution in [0.15, 0.2) is 12.7 Å². The number of ether oxygens (including phenoxy) is 1. The minimum Gasteiger partial charge on any atom is -0.463 e. The van der Waals surface area contributed by atoms with Gasteiger partial charge in [0, 0.05) is 12.7 Å². The number of hydrogen-bond donors (Lipinski definition) is 1. The highest BCUT2D eigenvalue weighted by Gasteiger charge is 1.93. The molecule has 0 aliphatic carbocycles. The standard InChI is InChI=1S/C14H30O.C7H12O2/c1-2-3-4-5-6-7-8-9-10-11-12-13-14-15;1-3-5-6-9-7(8)4-2/h15H,2-14H2,1H3;4H,2-3,5-6H2,1H3. The summed E-state index contributed by atoms with van der Waals surface area (Å²) in [6, 6.07) is 0. The van der Waals surface area contributed by atoms with Crippen LogP contribution >= 0.6 is 0 Å². The van der Waals surface area contributed by atoms with Crippen LogP contribution in [0.25, 0.3) is 0 Å². The smallest absolute Gasteiger partial charge is 0.330 e. The molecule has 0 aliphatic heterocycles. The summed E-state index contributed by atoms with van der Waals surface area (Å²) in [7, 11) is 0. The van der Waals surface area contributed by atoms with Crippen molar-refractivity contribution in [1.82, 2.24) is 0 Å². The monoisotopic (exact) mass is 342 g/mol. The highest BCUT2D eigenvalue weighted by Crippen LogP contribution is 2.11. The summed E-state index contributed by atoms with van der Waals surface area (Å²) < 4.78 is 4.67. The molecule has 0 atom stereocenters. The van der Waals surface area contributed by atoms with Gasteiger partial charge in [0.1, 0.15) is 0 Å². The van der Waals surface area contributed by atoms with E-state index in [9.17, 15) is 4.79 Å². The van der Waals surface area contributed by atoms with E-state index < -0.39 is 0 Å². The van der Waals surface area contributed by atoms with Gasteiger partial charge in [-0.1, -0.05) is 97.5 Å². The number of rotatable bonds is 16. The van der Waals surface area contributed by atoms with Gasteiger partial charge < -0.3 is 9.84 Å². The molecule has 0 radical (unpaired) electrons. The fourth-order valence-electron chi connectivity index (χ4n) is 2.33. The summed E-state index contributed by atoms with van der Waals surface area (Å²) >= 11 is 0. The van der Waals surface area contributed by atoms with Crippen LogP contribution in [-0.2, 0) is 9.53 Å². The van der Waals surface area contributed by atoms with E-state index in [1.165, 1.54) is 76.7 Å². The molecule has 0 aromatic rings. The molecule has 1 N–H and O–H groups in total. The number of aliphatic hydroxyl groups excluding tert-OH is 1. The quantitative estimate of drug-likeness (QED) is 0.206. The highest BCUT2D eigenvalue weighted by molar-refractivity contribution is 5.81. The lowest BCUT2D eigenvalue weighted by molar-refractivity contribution is -0.137. The first-order valence-corrected chi connectivity index (χ1v) is 10.1. The van der Waals surface area contributed by atoms with E-state index in [0.717, 1.165) is 19.3 Å². The van der Waals surface area contributed by atoms with Crippen LogP contribution in [0.5, 0.6) is 0 Å². The first-order chi connectivity index (χ1) is 11.7. The minimum absolute atomic E-state index is 0.330. The predicted octanol–water partition coefficient (Wildman–Crippen LogP) is 6.20. The Hall–Kier alpha value is -0.830. The largest absolute Gasteiger partial charge is 0.463 e. The van der Waals surface area contributed by atoms with Gasteiger partial charge in [-0.15, -0.1) is 0 Å². The van der Waals surface area contributed by atoms with Crippen LogP contribution in [0.1, 0.15) is 104 Å². The molecule has 0 rings (SSSR count). The van der Waals surface area contributed by atoms with Gasteiger partial charge in [-0.2, -0.15) is 0 Å². The molecule has 0 bridgehead atoms. The second-order valence-electron chi connectivity index (χ2n) is 6.34. The van der Waals surface area contributed by atoms with Crippen LogP contribution in [0, 0.1) is 0 Å². The Morgan fingerprint density at radius 2 is 1.21 bits per heavy atom. The number of hydrogen-bond acceptors (Lipinski definition) is 3. The molecule has 0 aliphatic rings. The van der Waals surface area contributed by atoms with Crippen LogP contribution in [0.3, 0.4) is 0 Å². The second kappa shape index (κ2) is 24.4. The number of aliphatic hydroxyl groups is 1. The Morgan fingerprint density at radius 3 is 1.58 bits per heavy atom. The zero-order valence-corrected chi connectivity index (χ0v) is 16.4. The van der Waals surface area contributed by atoms with Crippen molar-refractivity contribution >= 4 is 5.97 Å². The van der Waals surface area contributed by atoms with Gasteiger partial charge in [0.2, 0.25) is 0 Å². The summed E-state index contributed by atoms with van der Waals surface area (Å²) in [4.78, 5) is 10.3. The molecular weight excluding hydrogens is 300 g/mol. The van der Waals surface area contributed by atoms with Gasteiger partial charge >= 0.3 is 5.97 Å². The lowest BCUT2D eigenvalue weighted by Gasteiger charge is -2.01. The van der Waals surface area contributed by atoms with E-state index in [0.29, 0.717) is 13.2 Å². The topological polar surface area (TPSA) is 46.5 Å². The lowest BCUT2D eigenvalue weighted by atomic mass is 10.1. The maximum atomic E-state index is 10.3. The number of carbonyl (C=O) groups excluding carboxylic acids is 1. The van der Waals surface area contributed by atoms with Crippen LogP contribution in [0.2, 0.25) is 0 Å². The van der Waals surface area contributed by atoms with Gasteiger partial charge in [-0.3, -0.25) is 0 Å². The molecule has 0 saturated carbocycles. The van der Waals surface area contributed by atoms with E-state index in [1.54, 1.807) is 0 Å². The zero-order chi connectivity index (χ0) is 18.3. The molecule has 0 fully saturated rings. The number of esters is 1. The molecule has 0 unspecified atom stereocenters. The Balaban J connectivity index is 0. The molecule has 0 heterocycles. The average Bonchev–Trinajstić information content (AvgIpc) is 2.60. The van der Waals surface area contributed by atoms with E-state index in [4.69, 9.17) is 5.11 Å². The normalized spacial score (nSPS) is 9.96. The third-order valence-electron chi connectivity index (χ3n) is 3.92. The van der Waals surface area contributed by atoms with Gasteiger partial charge in [0.05, 0.1) is 6.61 Å². The fourth-order valence-corrected chi connectivity index (χ4v) is 2.33. The summed E-state index contributed by atoms with van der Waals surface area (Å²) in [5, 5.41) is 8.61. The van der Waals surface area contributed by atoms with Crippen molar-refractivity contribution in [2.45, 2.75) is 104 Å². The molecule has 0 spiro atoms. The predicted molar refractivity (Wildman–Crippen MR) is 104 cm³/mol. The third-order valence-corrected chi connectivity index (χ3v) is 3.92. The summed E-state index contributed by atoms with van der Waals surface area (Å²) in [5.74, 6) is -0.330. The van der Waals surface area contributed by atoms with Gasteiger partial charge in [0.15, 0.2) is 0 Å². The van der Waals surface area contributed by atoms with E-state index in [1.807, 2.05) is 6.92 Å². The maximum absolute atomic E-state index is 10.3. The first kappa shape index (κ1) is 25.4.